The van der Waals surface area contributed by atoms with Crippen molar-refractivity contribution in [3.05, 3.63) is 85.5 Å². The second-order valence-electron chi connectivity index (χ2n) is 9.43. The van der Waals surface area contributed by atoms with Crippen LogP contribution in [-0.2, 0) is 0 Å². The molecule has 36 heavy (non-hydrogen) atoms. The molecule has 0 aliphatic rings. The van der Waals surface area contributed by atoms with Gasteiger partial charge in [0.2, 0.25) is 0 Å². The Hall–Kier alpha value is -3.80. The lowest BCUT2D eigenvalue weighted by Gasteiger charge is -2.26. The van der Waals surface area contributed by atoms with Gasteiger partial charge in [-0.1, -0.05) is 52.7 Å². The third-order valence-electron chi connectivity index (χ3n) is 6.62. The highest BCUT2D eigenvalue weighted by Gasteiger charge is 2.17. The molecule has 186 valence electrons. The third-order valence-corrected chi connectivity index (χ3v) is 6.62. The average molecular weight is 481 g/mol. The molecule has 6 heteroatoms. The van der Waals surface area contributed by atoms with E-state index in [9.17, 15) is 0 Å². The Labute approximate surface area is 215 Å². The van der Waals surface area contributed by atoms with Crippen molar-refractivity contribution in [2.75, 3.05) is 22.9 Å². The third kappa shape index (κ3) is 6.25. The maximum absolute atomic E-state index is 4.81. The Morgan fingerprint density at radius 2 is 0.972 bits per heavy atom. The molecule has 6 nitrogen and oxygen atoms in total. The smallest absolute Gasteiger partial charge is 0.134 e. The van der Waals surface area contributed by atoms with Gasteiger partial charge in [0.05, 0.1) is 0 Å². The fraction of sp³-hybridized carbons (Fsp3) is 0.333. The van der Waals surface area contributed by atoms with Crippen LogP contribution in [0.3, 0.4) is 0 Å². The molecule has 4 heterocycles. The average Bonchev–Trinajstić information content (AvgIpc) is 2.95. The van der Waals surface area contributed by atoms with Gasteiger partial charge in [-0.05, 0) is 60.4 Å². The van der Waals surface area contributed by atoms with Gasteiger partial charge in [-0.2, -0.15) is 0 Å². The van der Waals surface area contributed by atoms with Gasteiger partial charge in [0.25, 0.3) is 0 Å². The van der Waals surface area contributed by atoms with Gasteiger partial charge in [-0.25, -0.2) is 19.9 Å². The lowest BCUT2D eigenvalue weighted by Crippen LogP contribution is -2.25. The Kier molecular flexibility index (Phi) is 8.61. The van der Waals surface area contributed by atoms with Gasteiger partial charge >= 0.3 is 0 Å². The summed E-state index contributed by atoms with van der Waals surface area (Å²) in [5.41, 5.74) is 2.07. The zero-order chi connectivity index (χ0) is 25.3. The molecule has 0 saturated carbocycles. The van der Waals surface area contributed by atoms with Crippen molar-refractivity contribution in [3.8, 4) is 11.1 Å². The zero-order valence-electron chi connectivity index (χ0n) is 21.7. The van der Waals surface area contributed by atoms with Gasteiger partial charge in [-0.3, -0.25) is 0 Å². The Bertz CT molecular complexity index is 1080. The van der Waals surface area contributed by atoms with Gasteiger partial charge in [0.15, 0.2) is 0 Å². The van der Waals surface area contributed by atoms with E-state index in [1.54, 1.807) is 0 Å². The molecular weight excluding hydrogens is 444 g/mol. The number of hydrogen-bond donors (Lipinski definition) is 0. The predicted molar refractivity (Wildman–Crippen MR) is 149 cm³/mol. The first-order valence-electron chi connectivity index (χ1n) is 12.9. The molecule has 4 aromatic rings. The van der Waals surface area contributed by atoms with Crippen molar-refractivity contribution in [2.24, 2.45) is 11.8 Å². The Morgan fingerprint density at radius 3 is 1.28 bits per heavy atom. The van der Waals surface area contributed by atoms with Crippen LogP contribution in [0.25, 0.3) is 11.1 Å². The summed E-state index contributed by atoms with van der Waals surface area (Å²) in [6.07, 6.45) is 9.71. The van der Waals surface area contributed by atoms with E-state index in [4.69, 9.17) is 9.97 Å². The van der Waals surface area contributed by atoms with E-state index in [0.717, 1.165) is 60.3 Å². The van der Waals surface area contributed by atoms with E-state index in [0.29, 0.717) is 11.8 Å². The maximum atomic E-state index is 4.81. The van der Waals surface area contributed by atoms with Crippen LogP contribution in [0.15, 0.2) is 85.5 Å². The molecule has 0 aliphatic carbocycles. The highest BCUT2D eigenvalue weighted by molar-refractivity contribution is 5.67. The Balaban J connectivity index is 1.57. The molecule has 0 aromatic carbocycles. The summed E-state index contributed by atoms with van der Waals surface area (Å²) in [5.74, 6) is 4.69. The number of anilines is 4. The number of aromatic nitrogens is 4. The van der Waals surface area contributed by atoms with E-state index in [1.165, 1.54) is 0 Å². The van der Waals surface area contributed by atoms with E-state index in [1.807, 2.05) is 61.2 Å². The minimum atomic E-state index is 0.530. The highest BCUT2D eigenvalue weighted by atomic mass is 15.2. The van der Waals surface area contributed by atoms with Gasteiger partial charge in [0, 0.05) is 49.0 Å². The molecule has 4 rings (SSSR count). The molecule has 0 unspecified atom stereocenters. The molecule has 4 aromatic heterocycles. The quantitative estimate of drug-likeness (QED) is 0.224. The fourth-order valence-corrected chi connectivity index (χ4v) is 3.95. The summed E-state index contributed by atoms with van der Waals surface area (Å²) in [6, 6.07) is 20.4. The molecule has 0 amide bonds. The Morgan fingerprint density at radius 1 is 0.556 bits per heavy atom. The second-order valence-corrected chi connectivity index (χ2v) is 9.43. The highest BCUT2D eigenvalue weighted by Crippen LogP contribution is 2.28. The van der Waals surface area contributed by atoms with E-state index in [-0.39, 0.29) is 0 Å². The van der Waals surface area contributed by atoms with Crippen LogP contribution in [0.5, 0.6) is 0 Å². The number of hydrogen-bond acceptors (Lipinski definition) is 6. The first-order chi connectivity index (χ1) is 17.6. The minimum Gasteiger partial charge on any atom is -0.311 e. The van der Waals surface area contributed by atoms with Crippen molar-refractivity contribution in [1.82, 2.24) is 19.9 Å². The number of pyridine rings is 4. The number of nitrogens with zero attached hydrogens (tertiary/aromatic N) is 6. The summed E-state index contributed by atoms with van der Waals surface area (Å²) >= 11 is 0. The summed E-state index contributed by atoms with van der Waals surface area (Å²) < 4.78 is 0. The van der Waals surface area contributed by atoms with Crippen LogP contribution < -0.4 is 9.80 Å². The first-order valence-corrected chi connectivity index (χ1v) is 12.9. The van der Waals surface area contributed by atoms with Crippen LogP contribution in [0, 0.1) is 11.8 Å². The van der Waals surface area contributed by atoms with Crippen molar-refractivity contribution < 1.29 is 0 Å². The molecule has 0 radical (unpaired) electrons. The van der Waals surface area contributed by atoms with Crippen molar-refractivity contribution in [3.63, 3.8) is 0 Å². The van der Waals surface area contributed by atoms with Crippen LogP contribution in [0.4, 0.5) is 23.3 Å². The molecule has 0 fully saturated rings. The van der Waals surface area contributed by atoms with Crippen LogP contribution >= 0.6 is 0 Å². The first kappa shape index (κ1) is 25.3. The molecule has 0 aliphatic heterocycles. The fourth-order valence-electron chi connectivity index (χ4n) is 3.95. The van der Waals surface area contributed by atoms with Gasteiger partial charge in [-0.15, -0.1) is 0 Å². The molecule has 2 atom stereocenters. The number of rotatable bonds is 11. The minimum absolute atomic E-state index is 0.530. The van der Waals surface area contributed by atoms with Gasteiger partial charge in [0.1, 0.15) is 23.3 Å². The molecule has 0 saturated heterocycles. The topological polar surface area (TPSA) is 58.0 Å². The summed E-state index contributed by atoms with van der Waals surface area (Å²) in [5, 5.41) is 0. The van der Waals surface area contributed by atoms with E-state index >= 15 is 0 Å². The van der Waals surface area contributed by atoms with Crippen molar-refractivity contribution in [1.29, 1.82) is 0 Å². The van der Waals surface area contributed by atoms with Gasteiger partial charge < -0.3 is 9.80 Å². The van der Waals surface area contributed by atoms with Crippen molar-refractivity contribution >= 4 is 23.3 Å². The van der Waals surface area contributed by atoms with Crippen molar-refractivity contribution in [2.45, 2.75) is 40.5 Å². The normalized spacial score (nSPS) is 12.7. The molecule has 0 N–H and O–H groups in total. The van der Waals surface area contributed by atoms with Crippen LogP contribution in [0.1, 0.15) is 40.5 Å². The lowest BCUT2D eigenvalue weighted by atomic mass is 10.1. The van der Waals surface area contributed by atoms with Crippen LogP contribution in [0.2, 0.25) is 0 Å². The largest absolute Gasteiger partial charge is 0.311 e. The SMILES string of the molecule is CC[C@H](C)CN(c1ccccn1)c1ccc(-c2ccc(N(C[C@@H](C)CC)c3ccccn3)nc2)cn1. The molecule has 0 bridgehead atoms. The summed E-state index contributed by atoms with van der Waals surface area (Å²) in [4.78, 5) is 23.1. The summed E-state index contributed by atoms with van der Waals surface area (Å²) in [6.45, 7) is 10.7. The molecular formula is C30H36N6. The molecule has 0 spiro atoms. The van der Waals surface area contributed by atoms with Crippen LogP contribution in [-0.4, -0.2) is 33.0 Å². The lowest BCUT2D eigenvalue weighted by molar-refractivity contribution is 0.564. The monoisotopic (exact) mass is 480 g/mol. The standard InChI is InChI=1S/C30H36N6/c1-5-23(3)21-35(27-11-7-9-17-31-27)29-15-13-25(19-33-29)26-14-16-30(34-20-26)36(22-24(4)6-2)28-12-8-10-18-32-28/h7-20,23-24H,5-6,21-22H2,1-4H3/t23-,24-/m0/s1. The van der Waals surface area contributed by atoms with E-state index < -0.39 is 0 Å². The zero-order valence-corrected chi connectivity index (χ0v) is 21.7. The summed E-state index contributed by atoms with van der Waals surface area (Å²) in [7, 11) is 0. The maximum Gasteiger partial charge on any atom is 0.134 e. The second kappa shape index (κ2) is 12.2. The predicted octanol–water partition coefficient (Wildman–Crippen LogP) is 7.30. The van der Waals surface area contributed by atoms with E-state index in [2.05, 4.69) is 71.7 Å².